The number of hydrogen-bond acceptors (Lipinski definition) is 4. The number of halogens is 3. The maximum atomic E-state index is 13.9. The van der Waals surface area contributed by atoms with Crippen molar-refractivity contribution in [3.63, 3.8) is 0 Å². The van der Waals surface area contributed by atoms with Crippen LogP contribution in [-0.4, -0.2) is 56.7 Å². The Bertz CT molecular complexity index is 1200. The summed E-state index contributed by atoms with van der Waals surface area (Å²) in [5, 5.41) is 1.41. The van der Waals surface area contributed by atoms with Gasteiger partial charge in [0.15, 0.2) is 0 Å². The zero-order valence-electron chi connectivity index (χ0n) is 20.9. The molecule has 3 amide bonds. The van der Waals surface area contributed by atoms with Crippen LogP contribution >= 0.6 is 0 Å². The lowest BCUT2D eigenvalue weighted by molar-refractivity contribution is -0.187. The van der Waals surface area contributed by atoms with E-state index >= 15 is 0 Å². The first-order valence-corrected chi connectivity index (χ1v) is 11.7. The monoisotopic (exact) mass is 515 g/mol. The van der Waals surface area contributed by atoms with Crippen LogP contribution in [0, 0.1) is 5.92 Å². The number of benzene rings is 2. The van der Waals surface area contributed by atoms with Crippen molar-refractivity contribution in [1.29, 1.82) is 0 Å². The molecule has 7 nitrogen and oxygen atoms in total. The number of ketones is 1. The molecule has 0 spiro atoms. The molecule has 0 bridgehead atoms. The molecule has 2 aromatic rings. The van der Waals surface area contributed by atoms with Crippen LogP contribution in [0.4, 0.5) is 13.2 Å². The number of nitrogens with zero attached hydrogens (tertiary/aromatic N) is 3. The number of hydrazine groups is 1. The van der Waals surface area contributed by atoms with E-state index < -0.39 is 54.1 Å². The van der Waals surface area contributed by atoms with Gasteiger partial charge < -0.3 is 4.90 Å². The lowest BCUT2D eigenvalue weighted by Gasteiger charge is -2.46. The zero-order valence-corrected chi connectivity index (χ0v) is 20.9. The number of amides is 3. The lowest BCUT2D eigenvalue weighted by Crippen LogP contribution is -2.64. The molecule has 10 heteroatoms. The number of carbonyl (C=O) groups excluding carboxylic acids is 4. The van der Waals surface area contributed by atoms with Gasteiger partial charge in [-0.2, -0.15) is 13.2 Å². The molecule has 0 saturated carbocycles. The van der Waals surface area contributed by atoms with Gasteiger partial charge in [0, 0.05) is 32.0 Å². The van der Waals surface area contributed by atoms with Gasteiger partial charge >= 0.3 is 6.18 Å². The van der Waals surface area contributed by atoms with Crippen molar-refractivity contribution in [3.8, 4) is 0 Å². The largest absolute Gasteiger partial charge is 0.452 e. The van der Waals surface area contributed by atoms with Crippen LogP contribution in [0.1, 0.15) is 38.8 Å². The molecule has 0 fully saturated rings. The van der Waals surface area contributed by atoms with Crippen molar-refractivity contribution < 1.29 is 32.3 Å². The highest BCUT2D eigenvalue weighted by atomic mass is 19.4. The molecule has 0 aliphatic carbocycles. The van der Waals surface area contributed by atoms with Crippen molar-refractivity contribution in [3.05, 3.63) is 78.0 Å². The summed E-state index contributed by atoms with van der Waals surface area (Å²) >= 11 is 0. The molecule has 37 heavy (non-hydrogen) atoms. The second-order valence-corrected chi connectivity index (χ2v) is 9.08. The van der Waals surface area contributed by atoms with E-state index in [0.717, 1.165) is 11.9 Å². The minimum atomic E-state index is -5.27. The van der Waals surface area contributed by atoms with Crippen LogP contribution in [-0.2, 0) is 25.6 Å². The standard InChI is InChI=1S/C27H28F3N3O4/c1-17(2)24-26(37)33(23(16-31(24)18(3)34)21-13-9-6-10-14-21)32(19(4)35)22(25(36)27(28,29)30)15-20-11-7-5-8-12-20/h5-14,16-17,22,24H,15H2,1-4H3/t22?,24-/m1/s1. The second-order valence-electron chi connectivity index (χ2n) is 9.08. The highest BCUT2D eigenvalue weighted by Crippen LogP contribution is 2.34. The molecule has 0 radical (unpaired) electrons. The Hall–Kier alpha value is -3.95. The summed E-state index contributed by atoms with van der Waals surface area (Å²) in [6, 6.07) is 13.0. The highest BCUT2D eigenvalue weighted by molar-refractivity contribution is 6.00. The summed E-state index contributed by atoms with van der Waals surface area (Å²) in [4.78, 5) is 53.4. The molecular formula is C27H28F3N3O4. The summed E-state index contributed by atoms with van der Waals surface area (Å²) in [7, 11) is 0. The summed E-state index contributed by atoms with van der Waals surface area (Å²) in [6.07, 6.45) is -4.41. The fourth-order valence-electron chi connectivity index (χ4n) is 4.37. The average Bonchev–Trinajstić information content (AvgIpc) is 2.83. The molecule has 1 unspecified atom stereocenters. The van der Waals surface area contributed by atoms with Crippen LogP contribution in [0.25, 0.3) is 5.70 Å². The van der Waals surface area contributed by atoms with E-state index in [1.54, 1.807) is 62.4 Å². The number of hydrogen-bond donors (Lipinski definition) is 0. The van der Waals surface area contributed by atoms with Gasteiger partial charge in [0.25, 0.3) is 11.7 Å². The molecule has 2 aromatic carbocycles. The SMILES string of the molecule is CC(=O)N1C=C(c2ccccc2)N(N(C(C)=O)C(Cc2ccccc2)C(=O)C(F)(F)F)C(=O)[C@H]1C(C)C. The van der Waals surface area contributed by atoms with Gasteiger partial charge in [0.2, 0.25) is 11.8 Å². The summed E-state index contributed by atoms with van der Waals surface area (Å²) in [6.45, 7) is 5.63. The van der Waals surface area contributed by atoms with E-state index in [9.17, 15) is 32.3 Å². The van der Waals surface area contributed by atoms with Crippen molar-refractivity contribution in [2.75, 3.05) is 0 Å². The number of rotatable bonds is 7. The van der Waals surface area contributed by atoms with Gasteiger partial charge in [-0.3, -0.25) is 19.2 Å². The van der Waals surface area contributed by atoms with Gasteiger partial charge in [-0.25, -0.2) is 10.0 Å². The van der Waals surface area contributed by atoms with Gasteiger partial charge in [-0.1, -0.05) is 74.5 Å². The first-order valence-electron chi connectivity index (χ1n) is 11.7. The van der Waals surface area contributed by atoms with Crippen molar-refractivity contribution in [1.82, 2.24) is 14.9 Å². The van der Waals surface area contributed by atoms with E-state index in [1.807, 2.05) is 0 Å². The minimum Gasteiger partial charge on any atom is -0.304 e. The summed E-state index contributed by atoms with van der Waals surface area (Å²) < 4.78 is 41.5. The maximum Gasteiger partial charge on any atom is 0.452 e. The Labute approximate surface area is 213 Å². The van der Waals surface area contributed by atoms with Gasteiger partial charge in [0.1, 0.15) is 12.1 Å². The number of Topliss-reactive ketones (excluding diaryl/α,β-unsaturated/α-hetero) is 1. The molecule has 1 aliphatic heterocycles. The van der Waals surface area contributed by atoms with Crippen LogP contribution < -0.4 is 0 Å². The fraction of sp³-hybridized carbons (Fsp3) is 0.333. The molecule has 0 saturated heterocycles. The van der Waals surface area contributed by atoms with Crippen molar-refractivity contribution >= 4 is 29.2 Å². The zero-order chi connectivity index (χ0) is 27.5. The highest BCUT2D eigenvalue weighted by Gasteiger charge is 2.51. The average molecular weight is 516 g/mol. The van der Waals surface area contributed by atoms with E-state index in [-0.39, 0.29) is 5.70 Å². The molecule has 1 heterocycles. The molecule has 0 N–H and O–H groups in total. The summed E-state index contributed by atoms with van der Waals surface area (Å²) in [5.41, 5.74) is 0.742. The number of carbonyl (C=O) groups is 4. The lowest BCUT2D eigenvalue weighted by atomic mass is 9.97. The van der Waals surface area contributed by atoms with Gasteiger partial charge in [-0.15, -0.1) is 0 Å². The van der Waals surface area contributed by atoms with E-state index in [1.165, 1.54) is 30.2 Å². The molecule has 1 aliphatic rings. The Balaban J connectivity index is 2.27. The quantitative estimate of drug-likeness (QED) is 0.554. The molecule has 196 valence electrons. The normalized spacial score (nSPS) is 16.9. The van der Waals surface area contributed by atoms with Crippen LogP contribution in [0.5, 0.6) is 0 Å². The molecule has 2 atom stereocenters. The van der Waals surface area contributed by atoms with Gasteiger partial charge in [0.05, 0.1) is 5.70 Å². The summed E-state index contributed by atoms with van der Waals surface area (Å²) in [5.74, 6) is -4.81. The van der Waals surface area contributed by atoms with Crippen LogP contribution in [0.15, 0.2) is 66.9 Å². The Morgan fingerprint density at radius 2 is 1.49 bits per heavy atom. The van der Waals surface area contributed by atoms with Crippen LogP contribution in [0.2, 0.25) is 0 Å². The third-order valence-electron chi connectivity index (χ3n) is 6.00. The third kappa shape index (κ3) is 5.90. The number of alkyl halides is 3. The predicted molar refractivity (Wildman–Crippen MR) is 130 cm³/mol. The van der Waals surface area contributed by atoms with E-state index in [0.29, 0.717) is 16.1 Å². The Morgan fingerprint density at radius 3 is 1.95 bits per heavy atom. The maximum absolute atomic E-state index is 13.9. The topological polar surface area (TPSA) is 78.0 Å². The molecule has 0 aromatic heterocycles. The second kappa shape index (κ2) is 11.0. The van der Waals surface area contributed by atoms with Crippen molar-refractivity contribution in [2.24, 2.45) is 5.92 Å². The third-order valence-corrected chi connectivity index (χ3v) is 6.00. The predicted octanol–water partition coefficient (Wildman–Crippen LogP) is 4.21. The first kappa shape index (κ1) is 27.6. The fourth-order valence-corrected chi connectivity index (χ4v) is 4.37. The van der Waals surface area contributed by atoms with Crippen LogP contribution in [0.3, 0.4) is 0 Å². The first-order chi connectivity index (χ1) is 17.3. The Kier molecular flexibility index (Phi) is 8.20. The molecule has 3 rings (SSSR count). The molecular weight excluding hydrogens is 487 g/mol. The van der Waals surface area contributed by atoms with E-state index in [2.05, 4.69) is 0 Å². The smallest absolute Gasteiger partial charge is 0.304 e. The Morgan fingerprint density at radius 1 is 0.946 bits per heavy atom. The van der Waals surface area contributed by atoms with E-state index in [4.69, 9.17) is 0 Å². The van der Waals surface area contributed by atoms with Crippen molar-refractivity contribution in [2.45, 2.75) is 52.4 Å². The van der Waals surface area contributed by atoms with Gasteiger partial charge in [-0.05, 0) is 11.5 Å². The minimum absolute atomic E-state index is 0.000867.